The van der Waals surface area contributed by atoms with Crippen LogP contribution in [0, 0.1) is 5.82 Å². The van der Waals surface area contributed by atoms with Crippen molar-refractivity contribution in [1.82, 2.24) is 34.6 Å². The van der Waals surface area contributed by atoms with Gasteiger partial charge in [-0.3, -0.25) is 14.8 Å². The molecule has 1 saturated heterocycles. The van der Waals surface area contributed by atoms with Gasteiger partial charge in [-0.15, -0.1) is 0 Å². The number of H-pyrrole nitrogens is 1. The van der Waals surface area contributed by atoms with Gasteiger partial charge in [-0.1, -0.05) is 12.1 Å². The number of rotatable bonds is 16. The summed E-state index contributed by atoms with van der Waals surface area (Å²) in [6, 6.07) is 15.1. The number of ether oxygens (including phenoxy) is 4. The lowest BCUT2D eigenvalue weighted by atomic mass is 9.96. The summed E-state index contributed by atoms with van der Waals surface area (Å²) < 4.78 is 42.4. The second kappa shape index (κ2) is 17.5. The highest BCUT2D eigenvalue weighted by Gasteiger charge is 2.44. The summed E-state index contributed by atoms with van der Waals surface area (Å²) in [6.07, 6.45) is 6.70. The van der Waals surface area contributed by atoms with Crippen LogP contribution in [0.15, 0.2) is 67.1 Å². The molecular formula is C42H53FN9O5+. The van der Waals surface area contributed by atoms with Gasteiger partial charge in [0.25, 0.3) is 5.82 Å². The predicted octanol–water partition coefficient (Wildman–Crippen LogP) is 5.07. The Morgan fingerprint density at radius 1 is 1.07 bits per heavy atom. The summed E-state index contributed by atoms with van der Waals surface area (Å²) in [5.74, 6) is 0.862. The number of nitrogens with zero attached hydrogens (tertiary/aromatic N) is 7. The number of amides is 1. The number of likely N-dealkylation sites (tertiary alicyclic amines) is 1. The third-order valence-corrected chi connectivity index (χ3v) is 11.1. The minimum Gasteiger partial charge on any atom is -0.475 e. The molecule has 0 saturated carbocycles. The molecule has 7 rings (SSSR count). The first-order valence-electron chi connectivity index (χ1n) is 19.5. The molecule has 3 aromatic heterocycles. The van der Waals surface area contributed by atoms with Crippen molar-refractivity contribution < 1.29 is 32.8 Å². The number of benzene rings is 2. The highest BCUT2D eigenvalue weighted by molar-refractivity contribution is 5.94. The average molecular weight is 783 g/mol. The van der Waals surface area contributed by atoms with Gasteiger partial charge in [0.15, 0.2) is 0 Å². The van der Waals surface area contributed by atoms with Crippen LogP contribution in [0.1, 0.15) is 39.2 Å². The summed E-state index contributed by atoms with van der Waals surface area (Å²) in [7, 11) is 5.22. The third kappa shape index (κ3) is 8.86. The van der Waals surface area contributed by atoms with Crippen molar-refractivity contribution in [2.45, 2.75) is 58.0 Å². The Morgan fingerprint density at radius 2 is 1.91 bits per heavy atom. The fraction of sp³-hybridized carbons (Fsp3) is 0.452. The lowest BCUT2D eigenvalue weighted by Crippen LogP contribution is -2.48. The van der Waals surface area contributed by atoms with Crippen molar-refractivity contribution in [1.29, 1.82) is 0 Å². The van der Waals surface area contributed by atoms with Gasteiger partial charge < -0.3 is 29.2 Å². The Bertz CT molecular complexity index is 2200. The SMILES string of the molecule is COCC[n+]1cnc(-c2ccc(C3=CCN(C(=O)CN4CCC(OC)(C(C)OCNc5ccc6[nH]nc(-c7ccc(OC(C)C)nc7)c6c5)C4)CC3)cc2F)n1C. The van der Waals surface area contributed by atoms with Gasteiger partial charge in [0.1, 0.15) is 30.4 Å². The van der Waals surface area contributed by atoms with Crippen LogP contribution in [0.4, 0.5) is 10.1 Å². The standard InChI is InChI=1S/C42H53FN9O5/c1-28(2)57-38-12-8-32(23-44-38)40-35-22-33(9-11-37(35)47-48-40)46-27-56-29(3)42(55-6)15-18-50(25-42)24-39(53)51-16-13-30(14-17-51)31-7-10-34(36(43)21-31)41-45-26-52(49(41)4)19-20-54-5/h7-13,21-23,26,28-29,46H,14-20,24-25,27H2,1-6H3,(H,47,48)/q+1. The van der Waals surface area contributed by atoms with E-state index in [0.717, 1.165) is 51.9 Å². The molecule has 2 aliphatic rings. The second-order valence-corrected chi connectivity index (χ2v) is 15.0. The number of fused-ring (bicyclic) bond motifs is 1. The van der Waals surface area contributed by atoms with Crippen LogP contribution in [0.5, 0.6) is 5.88 Å². The molecule has 1 fully saturated rings. The molecule has 0 bridgehead atoms. The molecule has 2 unspecified atom stereocenters. The highest BCUT2D eigenvalue weighted by atomic mass is 19.1. The number of carbonyl (C=O) groups excluding carboxylic acids is 1. The molecule has 5 heterocycles. The van der Waals surface area contributed by atoms with Gasteiger partial charge in [-0.05, 0) is 86.1 Å². The van der Waals surface area contributed by atoms with Crippen LogP contribution in [-0.4, -0.2) is 119 Å². The van der Waals surface area contributed by atoms with Gasteiger partial charge in [-0.25, -0.2) is 9.37 Å². The summed E-state index contributed by atoms with van der Waals surface area (Å²) in [4.78, 5) is 26.4. The number of hydrogen-bond acceptors (Lipinski definition) is 10. The maximum atomic E-state index is 15.4. The molecule has 2 N–H and O–H groups in total. The molecule has 14 nitrogen and oxygen atoms in total. The van der Waals surface area contributed by atoms with E-state index in [9.17, 15) is 4.79 Å². The number of nitrogens with one attached hydrogen (secondary N) is 2. The van der Waals surface area contributed by atoms with E-state index >= 15 is 4.39 Å². The number of anilines is 1. The van der Waals surface area contributed by atoms with E-state index in [-0.39, 0.29) is 30.7 Å². The zero-order valence-electron chi connectivity index (χ0n) is 33.6. The largest absolute Gasteiger partial charge is 0.475 e. The van der Waals surface area contributed by atoms with Crippen molar-refractivity contribution in [2.75, 3.05) is 65.6 Å². The highest BCUT2D eigenvalue weighted by Crippen LogP contribution is 2.32. The Hall–Kier alpha value is -5.22. The predicted molar refractivity (Wildman–Crippen MR) is 215 cm³/mol. The number of aromatic nitrogens is 6. The summed E-state index contributed by atoms with van der Waals surface area (Å²) >= 11 is 0. The number of aromatic amines is 1. The minimum absolute atomic E-state index is 0.0489. The van der Waals surface area contributed by atoms with Crippen LogP contribution < -0.4 is 14.7 Å². The van der Waals surface area contributed by atoms with E-state index in [0.29, 0.717) is 63.0 Å². The van der Waals surface area contributed by atoms with E-state index in [1.165, 1.54) is 0 Å². The average Bonchev–Trinajstić information content (AvgIpc) is 3.94. The summed E-state index contributed by atoms with van der Waals surface area (Å²) in [5, 5.41) is 12.0. The van der Waals surface area contributed by atoms with Crippen molar-refractivity contribution in [3.05, 3.63) is 78.5 Å². The first kappa shape index (κ1) is 40.0. The Morgan fingerprint density at radius 3 is 2.63 bits per heavy atom. The van der Waals surface area contributed by atoms with Crippen molar-refractivity contribution >= 4 is 28.1 Å². The third-order valence-electron chi connectivity index (χ3n) is 11.1. The van der Waals surface area contributed by atoms with E-state index < -0.39 is 5.60 Å². The fourth-order valence-electron chi connectivity index (χ4n) is 7.65. The topological polar surface area (TPSA) is 136 Å². The molecule has 0 aliphatic carbocycles. The summed E-state index contributed by atoms with van der Waals surface area (Å²) in [5.41, 5.74) is 5.25. The smallest absolute Gasteiger partial charge is 0.307 e. The van der Waals surface area contributed by atoms with E-state index in [4.69, 9.17) is 18.9 Å². The first-order chi connectivity index (χ1) is 27.6. The van der Waals surface area contributed by atoms with Crippen molar-refractivity contribution in [2.24, 2.45) is 7.05 Å². The minimum atomic E-state index is -0.549. The maximum Gasteiger partial charge on any atom is 0.307 e. The van der Waals surface area contributed by atoms with Crippen LogP contribution >= 0.6 is 0 Å². The Kier molecular flexibility index (Phi) is 12.3. The number of carbonyl (C=O) groups is 1. The lowest BCUT2D eigenvalue weighted by molar-refractivity contribution is -0.774. The van der Waals surface area contributed by atoms with Crippen molar-refractivity contribution in [3.63, 3.8) is 0 Å². The van der Waals surface area contributed by atoms with Gasteiger partial charge in [-0.2, -0.15) is 14.5 Å². The van der Waals surface area contributed by atoms with Crippen LogP contribution in [0.2, 0.25) is 0 Å². The lowest BCUT2D eigenvalue weighted by Gasteiger charge is -2.34. The van der Waals surface area contributed by atoms with Gasteiger partial charge in [0, 0.05) is 69.3 Å². The molecule has 1 amide bonds. The molecule has 2 aliphatic heterocycles. The molecule has 15 heteroatoms. The van der Waals surface area contributed by atoms with Crippen LogP contribution in [-0.2, 0) is 32.6 Å². The molecule has 2 aromatic carbocycles. The maximum absolute atomic E-state index is 15.4. The zero-order valence-corrected chi connectivity index (χ0v) is 33.6. The Labute approximate surface area is 332 Å². The molecular weight excluding hydrogens is 730 g/mol. The molecule has 5 aromatic rings. The van der Waals surface area contributed by atoms with E-state index in [2.05, 4.69) is 30.4 Å². The number of halogens is 1. The molecule has 2 atom stereocenters. The van der Waals surface area contributed by atoms with Crippen LogP contribution in [0.3, 0.4) is 0 Å². The monoisotopic (exact) mass is 782 g/mol. The van der Waals surface area contributed by atoms with E-state index in [1.807, 2.05) is 84.6 Å². The van der Waals surface area contributed by atoms with Crippen molar-refractivity contribution in [3.8, 4) is 28.5 Å². The van der Waals surface area contributed by atoms with Gasteiger partial charge in [0.05, 0.1) is 43.5 Å². The summed E-state index contributed by atoms with van der Waals surface area (Å²) in [6.45, 7) is 10.1. The number of hydrogen-bond donors (Lipinski definition) is 2. The molecule has 302 valence electrons. The van der Waals surface area contributed by atoms with Gasteiger partial charge in [0.2, 0.25) is 11.8 Å². The number of methoxy groups -OCH3 is 2. The normalized spacial score (nSPS) is 18.0. The van der Waals surface area contributed by atoms with Gasteiger partial charge >= 0.3 is 6.33 Å². The molecule has 0 spiro atoms. The Balaban J connectivity index is 0.898. The fourth-order valence-corrected chi connectivity index (χ4v) is 7.65. The number of pyridine rings is 1. The zero-order chi connectivity index (χ0) is 40.1. The van der Waals surface area contributed by atoms with Crippen LogP contribution in [0.25, 0.3) is 39.1 Å². The quantitative estimate of drug-likeness (QED) is 0.103. The first-order valence-corrected chi connectivity index (χ1v) is 19.5. The molecule has 0 radical (unpaired) electrons. The second-order valence-electron chi connectivity index (χ2n) is 15.0. The molecule has 57 heavy (non-hydrogen) atoms. The van der Waals surface area contributed by atoms with E-state index in [1.54, 1.807) is 38.9 Å².